The Labute approximate surface area is 74.9 Å². The van der Waals surface area contributed by atoms with E-state index < -0.39 is 0 Å². The van der Waals surface area contributed by atoms with Gasteiger partial charge in [0.2, 0.25) is 6.41 Å². The second kappa shape index (κ2) is 3.07. The van der Waals surface area contributed by atoms with Crippen molar-refractivity contribution in [2.24, 2.45) is 5.41 Å². The van der Waals surface area contributed by atoms with E-state index in [9.17, 15) is 4.79 Å². The van der Waals surface area contributed by atoms with E-state index in [1.165, 1.54) is 12.8 Å². The van der Waals surface area contributed by atoms with Crippen LogP contribution in [-0.4, -0.2) is 16.9 Å². The van der Waals surface area contributed by atoms with Crippen molar-refractivity contribution in [2.45, 2.75) is 23.7 Å². The van der Waals surface area contributed by atoms with Crippen LogP contribution in [0.4, 0.5) is 0 Å². The number of hydrogen-bond donors (Lipinski definition) is 1. The van der Waals surface area contributed by atoms with Crippen molar-refractivity contribution in [3.05, 3.63) is 0 Å². The Balaban J connectivity index is 2.20. The highest BCUT2D eigenvalue weighted by Gasteiger charge is 2.38. The molecular formula is C7H12INO. The van der Waals surface area contributed by atoms with E-state index in [4.69, 9.17) is 0 Å². The van der Waals surface area contributed by atoms with Gasteiger partial charge in [0.05, 0.1) is 0 Å². The molecular weight excluding hydrogens is 241 g/mol. The first-order valence-corrected chi connectivity index (χ1v) is 4.72. The maximum absolute atomic E-state index is 9.96. The summed E-state index contributed by atoms with van der Waals surface area (Å²) < 4.78 is 0.830. The lowest BCUT2D eigenvalue weighted by Crippen LogP contribution is -2.42. The molecule has 1 rings (SSSR count). The number of carbonyl (C=O) groups excluding carboxylic acids is 1. The van der Waals surface area contributed by atoms with Gasteiger partial charge in [-0.3, -0.25) is 4.79 Å². The van der Waals surface area contributed by atoms with E-state index in [0.717, 1.165) is 16.9 Å². The first kappa shape index (κ1) is 8.30. The van der Waals surface area contributed by atoms with Gasteiger partial charge < -0.3 is 5.32 Å². The van der Waals surface area contributed by atoms with E-state index in [2.05, 4.69) is 34.8 Å². The minimum atomic E-state index is 0.396. The molecule has 0 unspecified atom stereocenters. The van der Waals surface area contributed by atoms with Crippen LogP contribution in [0.15, 0.2) is 0 Å². The van der Waals surface area contributed by atoms with Crippen LogP contribution in [0, 0.1) is 5.41 Å². The van der Waals surface area contributed by atoms with Gasteiger partial charge in [-0.2, -0.15) is 0 Å². The Kier molecular flexibility index (Phi) is 2.55. The molecule has 1 N–H and O–H groups in total. The van der Waals surface area contributed by atoms with E-state index in [-0.39, 0.29) is 0 Å². The van der Waals surface area contributed by atoms with Crippen molar-refractivity contribution in [2.75, 3.05) is 6.54 Å². The largest absolute Gasteiger partial charge is 0.358 e. The molecule has 58 valence electrons. The van der Waals surface area contributed by atoms with Crippen LogP contribution in [0.25, 0.3) is 0 Å². The lowest BCUT2D eigenvalue weighted by atomic mass is 9.70. The van der Waals surface area contributed by atoms with Crippen LogP contribution in [0.1, 0.15) is 19.8 Å². The SMILES string of the molecule is CC1(CNC=O)CC(I)C1. The summed E-state index contributed by atoms with van der Waals surface area (Å²) in [4.78, 5) is 9.96. The summed E-state index contributed by atoms with van der Waals surface area (Å²) in [5, 5.41) is 2.73. The summed E-state index contributed by atoms with van der Waals surface area (Å²) in [6, 6.07) is 0. The molecule has 0 aliphatic heterocycles. The molecule has 0 spiro atoms. The zero-order valence-electron chi connectivity index (χ0n) is 6.06. The summed E-state index contributed by atoms with van der Waals surface area (Å²) >= 11 is 2.45. The topological polar surface area (TPSA) is 29.1 Å². The van der Waals surface area contributed by atoms with Gasteiger partial charge in [-0.05, 0) is 18.3 Å². The Morgan fingerprint density at radius 1 is 1.80 bits per heavy atom. The van der Waals surface area contributed by atoms with E-state index in [0.29, 0.717) is 5.41 Å². The Hall–Kier alpha value is 0.200. The van der Waals surface area contributed by atoms with Crippen LogP contribution in [-0.2, 0) is 4.79 Å². The van der Waals surface area contributed by atoms with Crippen LogP contribution >= 0.6 is 22.6 Å². The van der Waals surface area contributed by atoms with Gasteiger partial charge in [0.25, 0.3) is 0 Å². The molecule has 0 aromatic carbocycles. The second-order valence-electron chi connectivity index (χ2n) is 3.31. The minimum absolute atomic E-state index is 0.396. The molecule has 1 aliphatic carbocycles. The number of hydrogen-bond acceptors (Lipinski definition) is 1. The Bertz CT molecular complexity index is 132. The monoisotopic (exact) mass is 253 g/mol. The normalized spacial score (nSPS) is 38.4. The maximum Gasteiger partial charge on any atom is 0.207 e. The average molecular weight is 253 g/mol. The van der Waals surface area contributed by atoms with Gasteiger partial charge in [-0.15, -0.1) is 0 Å². The second-order valence-corrected chi connectivity index (χ2v) is 5.08. The number of carbonyl (C=O) groups is 1. The zero-order chi connectivity index (χ0) is 7.61. The Morgan fingerprint density at radius 3 is 2.80 bits per heavy atom. The molecule has 1 aliphatic rings. The van der Waals surface area contributed by atoms with E-state index in [1.54, 1.807) is 0 Å². The van der Waals surface area contributed by atoms with Gasteiger partial charge in [0.15, 0.2) is 0 Å². The first-order valence-electron chi connectivity index (χ1n) is 3.47. The fourth-order valence-corrected chi connectivity index (χ4v) is 3.57. The summed E-state index contributed by atoms with van der Waals surface area (Å²) in [6.07, 6.45) is 3.27. The van der Waals surface area contributed by atoms with Crippen molar-refractivity contribution < 1.29 is 4.79 Å². The van der Waals surface area contributed by atoms with Gasteiger partial charge in [0, 0.05) is 10.5 Å². The van der Waals surface area contributed by atoms with Gasteiger partial charge >= 0.3 is 0 Å². The highest BCUT2D eigenvalue weighted by Crippen LogP contribution is 2.44. The highest BCUT2D eigenvalue weighted by molar-refractivity contribution is 14.1. The number of alkyl halides is 1. The van der Waals surface area contributed by atoms with Crippen molar-refractivity contribution in [3.63, 3.8) is 0 Å². The number of rotatable bonds is 3. The molecule has 0 radical (unpaired) electrons. The minimum Gasteiger partial charge on any atom is -0.358 e. The molecule has 0 aromatic rings. The van der Waals surface area contributed by atoms with Crippen molar-refractivity contribution in [1.82, 2.24) is 5.32 Å². The molecule has 1 fully saturated rings. The molecule has 1 saturated carbocycles. The lowest BCUT2D eigenvalue weighted by molar-refractivity contribution is -0.110. The molecule has 2 nitrogen and oxygen atoms in total. The van der Waals surface area contributed by atoms with Crippen LogP contribution in [0.2, 0.25) is 0 Å². The summed E-state index contributed by atoms with van der Waals surface area (Å²) in [5.41, 5.74) is 0.396. The molecule has 3 heteroatoms. The third kappa shape index (κ3) is 1.84. The number of nitrogens with one attached hydrogen (secondary N) is 1. The average Bonchev–Trinajstić information content (AvgIpc) is 1.81. The van der Waals surface area contributed by atoms with Crippen LogP contribution in [0.5, 0.6) is 0 Å². The molecule has 10 heavy (non-hydrogen) atoms. The smallest absolute Gasteiger partial charge is 0.207 e. The molecule has 0 heterocycles. The maximum atomic E-state index is 9.96. The molecule has 0 atom stereocenters. The molecule has 1 amide bonds. The number of halogens is 1. The van der Waals surface area contributed by atoms with Crippen molar-refractivity contribution >= 4 is 29.0 Å². The predicted molar refractivity (Wildman–Crippen MR) is 49.2 cm³/mol. The number of amides is 1. The Morgan fingerprint density at radius 2 is 2.40 bits per heavy atom. The van der Waals surface area contributed by atoms with Crippen molar-refractivity contribution in [3.8, 4) is 0 Å². The van der Waals surface area contributed by atoms with E-state index >= 15 is 0 Å². The van der Waals surface area contributed by atoms with Gasteiger partial charge in [0.1, 0.15) is 0 Å². The lowest BCUT2D eigenvalue weighted by Gasteiger charge is -2.42. The summed E-state index contributed by atoms with van der Waals surface area (Å²) in [5.74, 6) is 0. The van der Waals surface area contributed by atoms with Crippen LogP contribution < -0.4 is 5.32 Å². The standard InChI is InChI=1S/C7H12INO/c1-7(4-9-5-10)2-6(8)3-7/h5-6H,2-4H2,1H3,(H,9,10). The van der Waals surface area contributed by atoms with Crippen molar-refractivity contribution in [1.29, 1.82) is 0 Å². The summed E-state index contributed by atoms with van der Waals surface area (Å²) in [6.45, 7) is 3.06. The highest BCUT2D eigenvalue weighted by atomic mass is 127. The van der Waals surface area contributed by atoms with Crippen LogP contribution in [0.3, 0.4) is 0 Å². The predicted octanol–water partition coefficient (Wildman–Crippen LogP) is 1.34. The molecule has 0 aromatic heterocycles. The summed E-state index contributed by atoms with van der Waals surface area (Å²) in [7, 11) is 0. The fourth-order valence-electron chi connectivity index (χ4n) is 1.44. The fraction of sp³-hybridized carbons (Fsp3) is 0.857. The third-order valence-corrected chi connectivity index (χ3v) is 2.92. The third-order valence-electron chi connectivity index (χ3n) is 2.04. The first-order chi connectivity index (χ1) is 4.66. The van der Waals surface area contributed by atoms with Gasteiger partial charge in [-0.25, -0.2) is 0 Å². The zero-order valence-corrected chi connectivity index (χ0v) is 8.22. The molecule has 0 bridgehead atoms. The quantitative estimate of drug-likeness (QED) is 0.459. The molecule has 0 saturated heterocycles. The van der Waals surface area contributed by atoms with E-state index in [1.807, 2.05) is 0 Å². The van der Waals surface area contributed by atoms with Gasteiger partial charge in [-0.1, -0.05) is 29.5 Å².